The number of carbonyl (C=O) groups is 2. The van der Waals surface area contributed by atoms with Gasteiger partial charge in [-0.15, -0.1) is 0 Å². The van der Waals surface area contributed by atoms with Crippen molar-refractivity contribution < 1.29 is 19.4 Å². The molecule has 1 aromatic carbocycles. The van der Waals surface area contributed by atoms with Crippen LogP contribution in [0.1, 0.15) is 36.5 Å². The Hall–Kier alpha value is -2.04. The van der Waals surface area contributed by atoms with Gasteiger partial charge in [-0.1, -0.05) is 6.07 Å². The Labute approximate surface area is 117 Å². The lowest BCUT2D eigenvalue weighted by Gasteiger charge is -2.43. The fraction of sp³-hybridized carbons (Fsp3) is 0.467. The summed E-state index contributed by atoms with van der Waals surface area (Å²) in [6, 6.07) is 4.88. The summed E-state index contributed by atoms with van der Waals surface area (Å²) in [6.45, 7) is 2.77. The number of likely N-dealkylation sites (tertiary alicyclic amines) is 1. The number of piperidine rings is 1. The smallest absolute Gasteiger partial charge is 0.219 e. The van der Waals surface area contributed by atoms with E-state index >= 15 is 0 Å². The molecule has 0 aliphatic carbocycles. The summed E-state index contributed by atoms with van der Waals surface area (Å²) in [5.74, 6) is 0.404. The van der Waals surface area contributed by atoms with Crippen LogP contribution in [0.2, 0.25) is 0 Å². The van der Waals surface area contributed by atoms with Crippen LogP contribution in [0.25, 0.3) is 0 Å². The Morgan fingerprint density at radius 1 is 1.35 bits per heavy atom. The topological polar surface area (TPSA) is 66.8 Å². The van der Waals surface area contributed by atoms with Crippen LogP contribution in [0.3, 0.4) is 0 Å². The van der Waals surface area contributed by atoms with E-state index in [1.165, 1.54) is 6.07 Å². The molecule has 2 aliphatic rings. The number of phenols is 1. The van der Waals surface area contributed by atoms with E-state index in [4.69, 9.17) is 4.74 Å². The van der Waals surface area contributed by atoms with Crippen LogP contribution in [0.15, 0.2) is 18.2 Å². The van der Waals surface area contributed by atoms with E-state index in [0.29, 0.717) is 31.7 Å². The lowest BCUT2D eigenvalue weighted by Crippen LogP contribution is -2.51. The van der Waals surface area contributed by atoms with Gasteiger partial charge in [0.15, 0.2) is 5.78 Å². The quantitative estimate of drug-likeness (QED) is 0.783. The van der Waals surface area contributed by atoms with Gasteiger partial charge in [-0.2, -0.15) is 0 Å². The van der Waals surface area contributed by atoms with Crippen molar-refractivity contribution in [2.24, 2.45) is 0 Å². The number of ether oxygens (including phenoxy) is 1. The van der Waals surface area contributed by atoms with Crippen molar-refractivity contribution in [3.63, 3.8) is 0 Å². The molecule has 0 atom stereocenters. The first-order chi connectivity index (χ1) is 9.51. The lowest BCUT2D eigenvalue weighted by molar-refractivity contribution is -0.132. The van der Waals surface area contributed by atoms with E-state index in [9.17, 15) is 14.7 Å². The molecule has 3 rings (SSSR count). The Bertz CT molecular complexity index is 573. The average molecular weight is 275 g/mol. The van der Waals surface area contributed by atoms with Crippen molar-refractivity contribution >= 4 is 11.7 Å². The van der Waals surface area contributed by atoms with E-state index in [0.717, 1.165) is 0 Å². The third-order valence-corrected chi connectivity index (χ3v) is 4.21. The first-order valence-corrected chi connectivity index (χ1v) is 6.80. The van der Waals surface area contributed by atoms with Crippen molar-refractivity contribution in [2.45, 2.75) is 31.8 Å². The van der Waals surface area contributed by atoms with E-state index in [1.807, 2.05) is 0 Å². The maximum Gasteiger partial charge on any atom is 0.219 e. The number of carbonyl (C=O) groups excluding carboxylic acids is 2. The Kier molecular flexibility index (Phi) is 2.92. The highest BCUT2D eigenvalue weighted by Crippen LogP contribution is 2.42. The molecule has 5 heteroatoms. The van der Waals surface area contributed by atoms with Crippen molar-refractivity contribution in [3.05, 3.63) is 23.8 Å². The van der Waals surface area contributed by atoms with Gasteiger partial charge in [0.25, 0.3) is 0 Å². The van der Waals surface area contributed by atoms with E-state index in [-0.39, 0.29) is 29.4 Å². The average Bonchev–Trinajstić information content (AvgIpc) is 2.38. The second kappa shape index (κ2) is 4.51. The molecule has 0 radical (unpaired) electrons. The first-order valence-electron chi connectivity index (χ1n) is 6.80. The highest BCUT2D eigenvalue weighted by molar-refractivity contribution is 6.02. The standard InChI is InChI=1S/C15H17NO4/c1-10(17)16-7-5-15(6-8-16)9-12(19)14-11(18)3-2-4-13(14)20-15/h2-4,18H,5-9H2,1H3. The van der Waals surface area contributed by atoms with Crippen LogP contribution in [-0.4, -0.2) is 40.4 Å². The molecule has 0 aromatic heterocycles. The zero-order valence-electron chi connectivity index (χ0n) is 11.4. The normalized spacial score (nSPS) is 20.4. The Balaban J connectivity index is 1.86. The number of benzene rings is 1. The predicted octanol–water partition coefficient (Wildman–Crippen LogP) is 1.74. The number of Topliss-reactive ketones (excluding diaryl/α,β-unsaturated/α-hetero) is 1. The molecule has 1 saturated heterocycles. The summed E-state index contributed by atoms with van der Waals surface area (Å²) in [5.41, 5.74) is -0.240. The second-order valence-electron chi connectivity index (χ2n) is 5.54. The summed E-state index contributed by atoms with van der Waals surface area (Å²) >= 11 is 0. The van der Waals surface area contributed by atoms with E-state index in [1.54, 1.807) is 24.0 Å². The van der Waals surface area contributed by atoms with E-state index in [2.05, 4.69) is 0 Å². The van der Waals surface area contributed by atoms with Crippen LogP contribution in [0.4, 0.5) is 0 Å². The first kappa shape index (κ1) is 13.0. The minimum Gasteiger partial charge on any atom is -0.507 e. The molecule has 1 spiro atoms. The van der Waals surface area contributed by atoms with Crippen LogP contribution < -0.4 is 4.74 Å². The van der Waals surface area contributed by atoms with Crippen molar-refractivity contribution in [3.8, 4) is 11.5 Å². The number of nitrogens with zero attached hydrogens (tertiary/aromatic N) is 1. The number of hydrogen-bond acceptors (Lipinski definition) is 4. The second-order valence-corrected chi connectivity index (χ2v) is 5.54. The number of aromatic hydroxyl groups is 1. The van der Waals surface area contributed by atoms with Gasteiger partial charge in [0.2, 0.25) is 5.91 Å². The summed E-state index contributed by atoms with van der Waals surface area (Å²) in [7, 11) is 0. The van der Waals surface area contributed by atoms with Crippen LogP contribution in [0.5, 0.6) is 11.5 Å². The number of amides is 1. The lowest BCUT2D eigenvalue weighted by atomic mass is 9.82. The van der Waals surface area contributed by atoms with Gasteiger partial charge in [-0.05, 0) is 12.1 Å². The zero-order chi connectivity index (χ0) is 14.3. The molecular formula is C15H17NO4. The number of ketones is 1. The monoisotopic (exact) mass is 275 g/mol. The van der Waals surface area contributed by atoms with Gasteiger partial charge in [0, 0.05) is 32.9 Å². The minimum absolute atomic E-state index is 0.0245. The molecule has 0 bridgehead atoms. The van der Waals surface area contributed by atoms with Crippen molar-refractivity contribution in [1.29, 1.82) is 0 Å². The van der Waals surface area contributed by atoms with Crippen LogP contribution >= 0.6 is 0 Å². The third-order valence-electron chi connectivity index (χ3n) is 4.21. The highest BCUT2D eigenvalue weighted by Gasteiger charge is 2.44. The molecule has 20 heavy (non-hydrogen) atoms. The summed E-state index contributed by atoms with van der Waals surface area (Å²) in [4.78, 5) is 25.4. The number of rotatable bonds is 0. The molecule has 0 unspecified atom stereocenters. The predicted molar refractivity (Wildman–Crippen MR) is 71.9 cm³/mol. The molecule has 1 aromatic rings. The van der Waals surface area contributed by atoms with Crippen molar-refractivity contribution in [1.82, 2.24) is 4.90 Å². The molecule has 1 fully saturated rings. The summed E-state index contributed by atoms with van der Waals surface area (Å²) in [6.07, 6.45) is 1.56. The fourth-order valence-corrected chi connectivity index (χ4v) is 3.04. The van der Waals surface area contributed by atoms with Crippen molar-refractivity contribution in [2.75, 3.05) is 13.1 Å². The summed E-state index contributed by atoms with van der Waals surface area (Å²) < 4.78 is 6.02. The van der Waals surface area contributed by atoms with Gasteiger partial charge in [-0.25, -0.2) is 0 Å². The molecule has 106 valence electrons. The van der Waals surface area contributed by atoms with Gasteiger partial charge in [0.1, 0.15) is 22.7 Å². The van der Waals surface area contributed by atoms with Crippen LogP contribution in [0, 0.1) is 0 Å². The molecular weight excluding hydrogens is 258 g/mol. The fourth-order valence-electron chi connectivity index (χ4n) is 3.04. The largest absolute Gasteiger partial charge is 0.507 e. The molecule has 0 saturated carbocycles. The minimum atomic E-state index is -0.524. The summed E-state index contributed by atoms with van der Waals surface area (Å²) in [5, 5.41) is 9.77. The molecule has 1 amide bonds. The Morgan fingerprint density at radius 2 is 2.05 bits per heavy atom. The molecule has 1 N–H and O–H groups in total. The number of hydrogen-bond donors (Lipinski definition) is 1. The number of fused-ring (bicyclic) bond motifs is 1. The molecule has 2 aliphatic heterocycles. The van der Waals surface area contributed by atoms with Crippen LogP contribution in [-0.2, 0) is 4.79 Å². The van der Waals surface area contributed by atoms with Gasteiger partial charge >= 0.3 is 0 Å². The van der Waals surface area contributed by atoms with E-state index < -0.39 is 5.60 Å². The maximum absolute atomic E-state index is 12.3. The SMILES string of the molecule is CC(=O)N1CCC2(CC1)CC(=O)c1c(O)cccc1O2. The Morgan fingerprint density at radius 3 is 2.70 bits per heavy atom. The number of phenolic OH excluding ortho intramolecular Hbond substituents is 1. The maximum atomic E-state index is 12.3. The highest BCUT2D eigenvalue weighted by atomic mass is 16.5. The zero-order valence-corrected chi connectivity index (χ0v) is 11.4. The van der Waals surface area contributed by atoms with Gasteiger partial charge in [-0.3, -0.25) is 9.59 Å². The van der Waals surface area contributed by atoms with Gasteiger partial charge < -0.3 is 14.7 Å². The molecule has 5 nitrogen and oxygen atoms in total. The third kappa shape index (κ3) is 2.03. The molecule has 2 heterocycles. The van der Waals surface area contributed by atoms with Gasteiger partial charge in [0.05, 0.1) is 6.42 Å².